The van der Waals surface area contributed by atoms with Gasteiger partial charge in [-0.3, -0.25) is 4.79 Å². The Morgan fingerprint density at radius 3 is 2.67 bits per heavy atom. The van der Waals surface area contributed by atoms with E-state index in [1.807, 2.05) is 25.1 Å². The lowest BCUT2D eigenvalue weighted by Crippen LogP contribution is -2.28. The highest BCUT2D eigenvalue weighted by molar-refractivity contribution is 5.94. The van der Waals surface area contributed by atoms with Crippen LogP contribution in [0.2, 0.25) is 0 Å². The van der Waals surface area contributed by atoms with Crippen LogP contribution >= 0.6 is 0 Å². The van der Waals surface area contributed by atoms with E-state index < -0.39 is 11.7 Å². The first kappa shape index (κ1) is 16.3. The molecule has 1 aliphatic rings. The van der Waals surface area contributed by atoms with Crippen LogP contribution in [0.3, 0.4) is 0 Å². The molecule has 0 fully saturated rings. The van der Waals surface area contributed by atoms with Crippen LogP contribution < -0.4 is 14.8 Å². The normalized spacial score (nSPS) is 14.6. The number of carbonyl (C=O) groups excluding carboxylic acids is 1. The fraction of sp³-hybridized carbons (Fsp3) is 0.316. The number of hydrogen-bond acceptors (Lipinski definition) is 3. The zero-order valence-electron chi connectivity index (χ0n) is 13.5. The Labute approximate surface area is 140 Å². The summed E-state index contributed by atoms with van der Waals surface area (Å²) >= 11 is 0. The van der Waals surface area contributed by atoms with Gasteiger partial charge in [-0.25, -0.2) is 4.39 Å². The van der Waals surface area contributed by atoms with Crippen LogP contribution in [-0.2, 0) is 0 Å². The van der Waals surface area contributed by atoms with Gasteiger partial charge in [-0.05, 0) is 36.2 Å². The Balaban J connectivity index is 1.80. The van der Waals surface area contributed by atoms with E-state index in [9.17, 15) is 9.18 Å². The van der Waals surface area contributed by atoms with E-state index in [1.165, 1.54) is 12.1 Å². The molecule has 2 aromatic rings. The molecule has 0 saturated carbocycles. The molecule has 5 heteroatoms. The molecule has 2 aromatic carbocycles. The van der Waals surface area contributed by atoms with Gasteiger partial charge in [0.15, 0.2) is 11.5 Å². The van der Waals surface area contributed by atoms with Gasteiger partial charge in [0.2, 0.25) is 0 Å². The molecule has 0 radical (unpaired) electrons. The number of hydrogen-bond donors (Lipinski definition) is 1. The van der Waals surface area contributed by atoms with Gasteiger partial charge in [-0.2, -0.15) is 0 Å². The minimum absolute atomic E-state index is 0.0466. The Bertz CT molecular complexity index is 732. The van der Waals surface area contributed by atoms with Gasteiger partial charge in [-0.15, -0.1) is 0 Å². The van der Waals surface area contributed by atoms with Gasteiger partial charge in [0.05, 0.1) is 24.8 Å². The summed E-state index contributed by atoms with van der Waals surface area (Å²) in [6, 6.07) is 11.4. The maximum Gasteiger partial charge on any atom is 0.254 e. The molecule has 3 rings (SSSR count). The standard InChI is InChI=1S/C19H20FNO3/c1-2-16(21-19(22)14-6-3-4-7-15(14)20)13-8-9-17-18(12-13)24-11-5-10-23-17/h3-4,6-9,12,16H,2,5,10-11H2,1H3,(H,21,22)/t16-/m1/s1. The molecule has 1 N–H and O–H groups in total. The van der Waals surface area contributed by atoms with Gasteiger partial charge in [0.1, 0.15) is 5.82 Å². The average molecular weight is 329 g/mol. The third-order valence-corrected chi connectivity index (χ3v) is 4.01. The summed E-state index contributed by atoms with van der Waals surface area (Å²) in [5, 5.41) is 2.89. The molecule has 0 bridgehead atoms. The van der Waals surface area contributed by atoms with Crippen molar-refractivity contribution in [3.63, 3.8) is 0 Å². The molecular weight excluding hydrogens is 309 g/mol. The summed E-state index contributed by atoms with van der Waals surface area (Å²) in [4.78, 5) is 12.3. The quantitative estimate of drug-likeness (QED) is 0.926. The minimum Gasteiger partial charge on any atom is -0.490 e. The van der Waals surface area contributed by atoms with Crippen molar-refractivity contribution in [1.82, 2.24) is 5.32 Å². The molecule has 0 aromatic heterocycles. The number of fused-ring (bicyclic) bond motifs is 1. The third-order valence-electron chi connectivity index (χ3n) is 4.01. The maximum atomic E-state index is 13.8. The number of ether oxygens (including phenoxy) is 2. The summed E-state index contributed by atoms with van der Waals surface area (Å²) in [5.74, 6) is 0.450. The number of benzene rings is 2. The molecule has 0 spiro atoms. The van der Waals surface area contributed by atoms with Crippen molar-refractivity contribution < 1.29 is 18.7 Å². The second kappa shape index (κ2) is 7.34. The Morgan fingerprint density at radius 2 is 1.92 bits per heavy atom. The van der Waals surface area contributed by atoms with Crippen LogP contribution in [0.5, 0.6) is 11.5 Å². The lowest BCUT2D eigenvalue weighted by Gasteiger charge is -2.19. The molecule has 1 aliphatic heterocycles. The fourth-order valence-electron chi connectivity index (χ4n) is 2.70. The van der Waals surface area contributed by atoms with E-state index in [0.29, 0.717) is 31.1 Å². The van der Waals surface area contributed by atoms with Crippen molar-refractivity contribution in [2.75, 3.05) is 13.2 Å². The minimum atomic E-state index is -0.525. The van der Waals surface area contributed by atoms with Crippen molar-refractivity contribution in [3.8, 4) is 11.5 Å². The Hall–Kier alpha value is -2.56. The molecule has 1 atom stereocenters. The van der Waals surface area contributed by atoms with Crippen molar-refractivity contribution in [2.45, 2.75) is 25.8 Å². The predicted molar refractivity (Wildman–Crippen MR) is 88.9 cm³/mol. The van der Waals surface area contributed by atoms with Gasteiger partial charge >= 0.3 is 0 Å². The Morgan fingerprint density at radius 1 is 1.17 bits per heavy atom. The molecule has 4 nitrogen and oxygen atoms in total. The van der Waals surface area contributed by atoms with Crippen LogP contribution in [0.15, 0.2) is 42.5 Å². The first-order valence-corrected chi connectivity index (χ1v) is 8.14. The molecule has 0 aliphatic carbocycles. The number of carbonyl (C=O) groups is 1. The van der Waals surface area contributed by atoms with Crippen molar-refractivity contribution in [1.29, 1.82) is 0 Å². The van der Waals surface area contributed by atoms with E-state index in [4.69, 9.17) is 9.47 Å². The molecule has 1 amide bonds. The van der Waals surface area contributed by atoms with Gasteiger partial charge in [0.25, 0.3) is 5.91 Å². The fourth-order valence-corrected chi connectivity index (χ4v) is 2.70. The van der Waals surface area contributed by atoms with Crippen molar-refractivity contribution in [3.05, 3.63) is 59.4 Å². The highest BCUT2D eigenvalue weighted by Gasteiger charge is 2.19. The lowest BCUT2D eigenvalue weighted by atomic mass is 10.0. The summed E-state index contributed by atoms with van der Waals surface area (Å²) in [6.45, 7) is 3.21. The van der Waals surface area contributed by atoms with E-state index in [0.717, 1.165) is 12.0 Å². The zero-order chi connectivity index (χ0) is 16.9. The summed E-state index contributed by atoms with van der Waals surface area (Å²) in [5.41, 5.74) is 0.955. The molecule has 1 heterocycles. The smallest absolute Gasteiger partial charge is 0.254 e. The summed E-state index contributed by atoms with van der Waals surface area (Å²) in [7, 11) is 0. The van der Waals surface area contributed by atoms with E-state index in [-0.39, 0.29) is 11.6 Å². The monoisotopic (exact) mass is 329 g/mol. The second-order valence-corrected chi connectivity index (χ2v) is 5.67. The number of amides is 1. The van der Waals surface area contributed by atoms with Crippen molar-refractivity contribution >= 4 is 5.91 Å². The average Bonchev–Trinajstić information content (AvgIpc) is 2.84. The van der Waals surface area contributed by atoms with E-state index >= 15 is 0 Å². The molecular formula is C19H20FNO3. The largest absolute Gasteiger partial charge is 0.490 e. The number of rotatable bonds is 4. The highest BCUT2D eigenvalue weighted by atomic mass is 19.1. The summed E-state index contributed by atoms with van der Waals surface area (Å²) < 4.78 is 25.1. The predicted octanol–water partition coefficient (Wildman–Crippen LogP) is 3.87. The van der Waals surface area contributed by atoms with Crippen molar-refractivity contribution in [2.24, 2.45) is 0 Å². The van der Waals surface area contributed by atoms with E-state index in [1.54, 1.807) is 12.1 Å². The van der Waals surface area contributed by atoms with Crippen LogP contribution in [0, 0.1) is 5.82 Å². The summed E-state index contributed by atoms with van der Waals surface area (Å²) in [6.07, 6.45) is 1.52. The zero-order valence-corrected chi connectivity index (χ0v) is 13.5. The van der Waals surface area contributed by atoms with Crippen LogP contribution in [-0.4, -0.2) is 19.1 Å². The Kier molecular flexibility index (Phi) is 4.99. The first-order valence-electron chi connectivity index (χ1n) is 8.14. The van der Waals surface area contributed by atoms with Crippen LogP contribution in [0.4, 0.5) is 4.39 Å². The topological polar surface area (TPSA) is 47.6 Å². The lowest BCUT2D eigenvalue weighted by molar-refractivity contribution is 0.0931. The van der Waals surface area contributed by atoms with Gasteiger partial charge in [-0.1, -0.05) is 25.1 Å². The number of nitrogens with one attached hydrogen (secondary N) is 1. The van der Waals surface area contributed by atoms with Crippen LogP contribution in [0.1, 0.15) is 41.7 Å². The van der Waals surface area contributed by atoms with Gasteiger partial charge in [0, 0.05) is 6.42 Å². The number of halogens is 1. The first-order chi connectivity index (χ1) is 11.7. The van der Waals surface area contributed by atoms with Crippen LogP contribution in [0.25, 0.3) is 0 Å². The molecule has 0 saturated heterocycles. The van der Waals surface area contributed by atoms with E-state index in [2.05, 4.69) is 5.32 Å². The molecule has 24 heavy (non-hydrogen) atoms. The second-order valence-electron chi connectivity index (χ2n) is 5.67. The molecule has 0 unspecified atom stereocenters. The third kappa shape index (κ3) is 3.50. The highest BCUT2D eigenvalue weighted by Crippen LogP contribution is 2.33. The van der Waals surface area contributed by atoms with Gasteiger partial charge < -0.3 is 14.8 Å². The SMILES string of the molecule is CC[C@@H](NC(=O)c1ccccc1F)c1ccc2c(c1)OCCCO2. The molecule has 126 valence electrons. The maximum absolute atomic E-state index is 13.8.